The number of aliphatic carboxylic acids is 2. The molecule has 0 amide bonds. The van der Waals surface area contributed by atoms with Gasteiger partial charge in [0.25, 0.3) is 21.0 Å². The first kappa shape index (κ1) is 56.7. The smallest absolute Gasteiger partial charge is 0.722 e. The molecule has 0 saturated carbocycles. The number of carbonyl (C=O) groups excluding carboxylic acids is 1. The zero-order chi connectivity index (χ0) is 28.1. The fraction of sp³-hybridized carbons (Fsp3) is 0.333. The first-order valence-corrected chi connectivity index (χ1v) is 11.4. The third-order valence-corrected chi connectivity index (χ3v) is 2.80. The molecule has 0 aliphatic rings. The van der Waals surface area contributed by atoms with Gasteiger partial charge in [0.1, 0.15) is 6.67 Å². The second-order valence-corrected chi connectivity index (χ2v) is 7.99. The summed E-state index contributed by atoms with van der Waals surface area (Å²) in [5, 5.41) is 28.2. The van der Waals surface area contributed by atoms with Gasteiger partial charge in [0.2, 0.25) is 0 Å². The second kappa shape index (κ2) is 31.8. The van der Waals surface area contributed by atoms with E-state index in [1.807, 2.05) is 6.92 Å². The minimum absolute atomic E-state index is 0. The van der Waals surface area contributed by atoms with Crippen LogP contribution < -0.4 is 93.8 Å². The molecule has 0 radical (unpaired) electrons. The number of carbonyl (C=O) groups is 2. The van der Waals surface area contributed by atoms with Crippen molar-refractivity contribution in [2.45, 2.75) is 11.8 Å². The van der Waals surface area contributed by atoms with Crippen LogP contribution in [0.1, 0.15) is 5.56 Å². The summed E-state index contributed by atoms with van der Waals surface area (Å²) in [6, 6.07) is 6.81. The SMILES string of the molecule is Cc1ccc(S(C)(=O)=O)cc1.O=C(O)CF.O=C([O-])CF.O=S(=O)([O-])F.O=S(=O)([O-])F.OO.[Na+].[Na+].[Na+]. The Hall–Kier alpha value is 0.570. The predicted molar refractivity (Wildman–Crippen MR) is 95.7 cm³/mol. The van der Waals surface area contributed by atoms with E-state index in [1.54, 1.807) is 24.3 Å². The van der Waals surface area contributed by atoms with Crippen LogP contribution in [0, 0.1) is 6.92 Å². The average Bonchev–Trinajstić information content (AvgIpc) is 2.61. The van der Waals surface area contributed by atoms with E-state index >= 15 is 0 Å². The molecule has 0 aromatic heterocycles. The topological polar surface area (TPSA) is 266 Å². The van der Waals surface area contributed by atoms with E-state index in [9.17, 15) is 25.0 Å². The van der Waals surface area contributed by atoms with Crippen molar-refractivity contribution in [3.05, 3.63) is 29.8 Å². The molecule has 3 N–H and O–H groups in total. The molecule has 0 aliphatic carbocycles. The monoisotopic (exact) mass is 626 g/mol. The molecule has 36 heavy (non-hydrogen) atoms. The van der Waals surface area contributed by atoms with Crippen LogP contribution in [-0.2, 0) is 40.4 Å². The Morgan fingerprint density at radius 2 is 1.00 bits per heavy atom. The van der Waals surface area contributed by atoms with E-state index in [0.29, 0.717) is 4.90 Å². The number of rotatable bonds is 3. The fourth-order valence-electron chi connectivity index (χ4n) is 0.785. The van der Waals surface area contributed by atoms with Crippen molar-refractivity contribution in [2.75, 3.05) is 19.6 Å². The predicted octanol–water partition coefficient (Wildman–Crippen LogP) is -9.99. The largest absolute Gasteiger partial charge is 1.00 e. The van der Waals surface area contributed by atoms with E-state index in [2.05, 4.69) is 0 Å². The summed E-state index contributed by atoms with van der Waals surface area (Å²) in [4.78, 5) is 18.3. The van der Waals surface area contributed by atoms with Crippen molar-refractivity contribution >= 4 is 42.8 Å². The third-order valence-electron chi connectivity index (χ3n) is 1.67. The van der Waals surface area contributed by atoms with Gasteiger partial charge in [0, 0.05) is 6.26 Å². The molecular formula is C12H17F4Na3O14S3. The van der Waals surface area contributed by atoms with Crippen molar-refractivity contribution < 1.29 is 170 Å². The molecule has 14 nitrogen and oxygen atoms in total. The van der Waals surface area contributed by atoms with Crippen LogP contribution in [0.3, 0.4) is 0 Å². The number of benzene rings is 1. The van der Waals surface area contributed by atoms with E-state index in [-0.39, 0.29) is 88.7 Å². The number of carboxylic acids is 2. The Balaban J connectivity index is -0.0000000460. The van der Waals surface area contributed by atoms with Gasteiger partial charge in [0.15, 0.2) is 16.5 Å². The van der Waals surface area contributed by atoms with E-state index in [0.717, 1.165) is 5.56 Å². The number of hydrogen-bond donors (Lipinski definition) is 3. The van der Waals surface area contributed by atoms with Crippen LogP contribution in [0.2, 0.25) is 0 Å². The Morgan fingerprint density at radius 1 is 0.806 bits per heavy atom. The van der Waals surface area contributed by atoms with E-state index in [1.165, 1.54) is 6.26 Å². The van der Waals surface area contributed by atoms with Gasteiger partial charge in [-0.05, 0) is 19.1 Å². The van der Waals surface area contributed by atoms with Gasteiger partial charge in [-0.1, -0.05) is 17.7 Å². The summed E-state index contributed by atoms with van der Waals surface area (Å²) < 4.78 is 114. The van der Waals surface area contributed by atoms with Crippen LogP contribution in [0.5, 0.6) is 0 Å². The number of sulfone groups is 1. The van der Waals surface area contributed by atoms with Crippen molar-refractivity contribution in [3.63, 3.8) is 0 Å². The van der Waals surface area contributed by atoms with Gasteiger partial charge in [0.05, 0.1) is 10.9 Å². The summed E-state index contributed by atoms with van der Waals surface area (Å²) in [6.07, 6.45) is 1.21. The molecule has 0 spiro atoms. The number of halogens is 4. The van der Waals surface area contributed by atoms with Crippen LogP contribution >= 0.6 is 0 Å². The molecule has 0 fully saturated rings. The minimum Gasteiger partial charge on any atom is -0.722 e. The van der Waals surface area contributed by atoms with Crippen LogP contribution in [0.15, 0.2) is 29.2 Å². The number of aryl methyl sites for hydroxylation is 1. The number of hydrogen-bond acceptors (Lipinski definition) is 13. The molecule has 1 aromatic carbocycles. The third kappa shape index (κ3) is 92.1. The molecular weight excluding hydrogens is 609 g/mol. The molecule has 0 aliphatic heterocycles. The summed E-state index contributed by atoms with van der Waals surface area (Å²) >= 11 is 0. The Bertz CT molecular complexity index is 916. The van der Waals surface area contributed by atoms with Crippen molar-refractivity contribution in [3.8, 4) is 0 Å². The Labute approximate surface area is 270 Å². The Kier molecular flexibility index (Phi) is 50.0. The van der Waals surface area contributed by atoms with E-state index < -0.39 is 56.1 Å². The molecule has 24 heteroatoms. The average molecular weight is 626 g/mol. The normalized spacial score (nSPS) is 8.94. The maximum Gasteiger partial charge on any atom is 1.00 e. The zero-order valence-corrected chi connectivity index (χ0v) is 27.7. The minimum atomic E-state index is -5.42. The van der Waals surface area contributed by atoms with Gasteiger partial charge in [-0.2, -0.15) is 0 Å². The first-order valence-electron chi connectivity index (χ1n) is 6.85. The molecule has 0 saturated heterocycles. The first-order chi connectivity index (χ1) is 14.5. The summed E-state index contributed by atoms with van der Waals surface area (Å²) in [7, 11) is -13.9. The quantitative estimate of drug-likeness (QED) is 0.0702. The maximum atomic E-state index is 10.9. The van der Waals surface area contributed by atoms with Crippen LogP contribution in [0.4, 0.5) is 16.6 Å². The van der Waals surface area contributed by atoms with Crippen molar-refractivity contribution in [2.24, 2.45) is 0 Å². The molecule has 0 heterocycles. The van der Waals surface area contributed by atoms with Gasteiger partial charge < -0.3 is 24.1 Å². The molecule has 0 bridgehead atoms. The summed E-state index contributed by atoms with van der Waals surface area (Å²) in [5.41, 5.74) is 1.07. The van der Waals surface area contributed by atoms with E-state index in [4.69, 9.17) is 56.3 Å². The Morgan fingerprint density at radius 3 is 1.11 bits per heavy atom. The number of alkyl halides is 2. The standard InChI is InChI=1S/C8H10O2S.2C2H3FO2.2FHO3S.3Na.H2O2/c1-7-3-5-8(6-4-7)11(2,9)10;2*3-1-2(4)5;2*1-5(2,3)4;;;;1-2/h3-6H,1-2H3;2*1H2,(H,4,5);2*(H,2,3,4);;;;1-2H/q;;;;;3*+1;/p-3. The maximum absolute atomic E-state index is 10.9. The fourth-order valence-corrected chi connectivity index (χ4v) is 1.42. The summed E-state index contributed by atoms with van der Waals surface area (Å²) in [5.74, 6) is -3.07. The van der Waals surface area contributed by atoms with Gasteiger partial charge >= 0.3 is 94.6 Å². The van der Waals surface area contributed by atoms with Crippen LogP contribution in [-0.4, -0.2) is 81.5 Å². The van der Waals surface area contributed by atoms with Crippen LogP contribution in [0.25, 0.3) is 0 Å². The van der Waals surface area contributed by atoms with Gasteiger partial charge in [-0.15, -0.1) is 7.77 Å². The molecule has 0 atom stereocenters. The second-order valence-electron chi connectivity index (χ2n) is 4.40. The van der Waals surface area contributed by atoms with Crippen molar-refractivity contribution in [1.82, 2.24) is 0 Å². The number of carboxylic acid groups (broad SMARTS) is 2. The molecule has 1 aromatic rings. The molecule has 1 rings (SSSR count). The molecule has 0 unspecified atom stereocenters. The van der Waals surface area contributed by atoms with Gasteiger partial charge in [-0.25, -0.2) is 38.8 Å². The van der Waals surface area contributed by atoms with Gasteiger partial charge in [-0.3, -0.25) is 10.5 Å². The zero-order valence-electron chi connectivity index (χ0n) is 19.3. The van der Waals surface area contributed by atoms with Crippen molar-refractivity contribution in [1.29, 1.82) is 0 Å². The molecule has 198 valence electrons. The summed E-state index contributed by atoms with van der Waals surface area (Å²) in [6.45, 7) is -0.744.